The van der Waals surface area contributed by atoms with Crippen molar-refractivity contribution in [3.05, 3.63) is 0 Å². The molecule has 14 heavy (non-hydrogen) atoms. The first-order chi connectivity index (χ1) is 6.81. The topological polar surface area (TPSA) is 49.5 Å². The molecule has 0 saturated heterocycles. The summed E-state index contributed by atoms with van der Waals surface area (Å²) in [5.41, 5.74) is 5.82. The summed E-state index contributed by atoms with van der Waals surface area (Å²) in [7, 11) is 0. The summed E-state index contributed by atoms with van der Waals surface area (Å²) < 4.78 is 0. The van der Waals surface area contributed by atoms with Gasteiger partial charge in [0.15, 0.2) is 0 Å². The standard InChI is InChI=1S/C11H22N2O/c12-9-7-11(8-9)13(5-2-6-14)10-3-1-4-10/h9-11,14H,1-8,12H2. The van der Waals surface area contributed by atoms with Gasteiger partial charge < -0.3 is 10.8 Å². The molecule has 82 valence electrons. The van der Waals surface area contributed by atoms with Crippen molar-refractivity contribution < 1.29 is 5.11 Å². The quantitative estimate of drug-likeness (QED) is 0.684. The van der Waals surface area contributed by atoms with Crippen LogP contribution in [-0.2, 0) is 0 Å². The lowest BCUT2D eigenvalue weighted by molar-refractivity contribution is 0.0269. The lowest BCUT2D eigenvalue weighted by atomic mass is 9.82. The van der Waals surface area contributed by atoms with E-state index in [0.29, 0.717) is 12.6 Å². The molecule has 3 N–H and O–H groups in total. The molecule has 2 aliphatic carbocycles. The average Bonchev–Trinajstić information content (AvgIpc) is 2.04. The van der Waals surface area contributed by atoms with Gasteiger partial charge in [-0.05, 0) is 32.1 Å². The minimum atomic E-state index is 0.321. The van der Waals surface area contributed by atoms with E-state index in [0.717, 1.165) is 25.0 Å². The lowest BCUT2D eigenvalue weighted by Crippen LogP contribution is -2.56. The second kappa shape index (κ2) is 4.60. The maximum Gasteiger partial charge on any atom is 0.0443 e. The Balaban J connectivity index is 1.79. The van der Waals surface area contributed by atoms with Crippen molar-refractivity contribution >= 4 is 0 Å². The van der Waals surface area contributed by atoms with Gasteiger partial charge in [0.05, 0.1) is 0 Å². The van der Waals surface area contributed by atoms with Gasteiger partial charge >= 0.3 is 0 Å². The normalized spacial score (nSPS) is 32.8. The molecule has 2 fully saturated rings. The Hall–Kier alpha value is -0.120. The predicted molar refractivity (Wildman–Crippen MR) is 57.0 cm³/mol. The van der Waals surface area contributed by atoms with Crippen LogP contribution in [0.15, 0.2) is 0 Å². The summed E-state index contributed by atoms with van der Waals surface area (Å²) in [6.45, 7) is 1.39. The van der Waals surface area contributed by atoms with Crippen LogP contribution in [0.4, 0.5) is 0 Å². The van der Waals surface area contributed by atoms with E-state index in [1.807, 2.05) is 0 Å². The highest BCUT2D eigenvalue weighted by Crippen LogP contribution is 2.33. The molecule has 2 saturated carbocycles. The van der Waals surface area contributed by atoms with Gasteiger partial charge in [-0.15, -0.1) is 0 Å². The van der Waals surface area contributed by atoms with Crippen LogP contribution >= 0.6 is 0 Å². The van der Waals surface area contributed by atoms with E-state index in [-0.39, 0.29) is 0 Å². The van der Waals surface area contributed by atoms with Crippen LogP contribution in [0.1, 0.15) is 38.5 Å². The highest BCUT2D eigenvalue weighted by molar-refractivity contribution is 4.94. The third kappa shape index (κ3) is 2.10. The molecule has 0 radical (unpaired) electrons. The largest absolute Gasteiger partial charge is 0.396 e. The van der Waals surface area contributed by atoms with Crippen molar-refractivity contribution in [2.24, 2.45) is 5.73 Å². The molecule has 3 heteroatoms. The molecular weight excluding hydrogens is 176 g/mol. The Morgan fingerprint density at radius 1 is 1.21 bits per heavy atom. The van der Waals surface area contributed by atoms with Crippen LogP contribution in [0.5, 0.6) is 0 Å². The fraction of sp³-hybridized carbons (Fsp3) is 1.00. The number of hydrogen-bond acceptors (Lipinski definition) is 3. The summed E-state index contributed by atoms with van der Waals surface area (Å²) >= 11 is 0. The zero-order valence-electron chi connectivity index (χ0n) is 8.86. The average molecular weight is 198 g/mol. The number of nitrogens with two attached hydrogens (primary N) is 1. The molecule has 0 bridgehead atoms. The fourth-order valence-electron chi connectivity index (χ4n) is 2.54. The van der Waals surface area contributed by atoms with Crippen LogP contribution in [0.3, 0.4) is 0 Å². The Morgan fingerprint density at radius 3 is 2.36 bits per heavy atom. The van der Waals surface area contributed by atoms with E-state index in [4.69, 9.17) is 10.8 Å². The Kier molecular flexibility index (Phi) is 3.42. The van der Waals surface area contributed by atoms with E-state index < -0.39 is 0 Å². The molecule has 0 aromatic heterocycles. The third-order valence-corrected chi connectivity index (χ3v) is 3.74. The summed E-state index contributed by atoms with van der Waals surface area (Å²) in [6, 6.07) is 1.97. The van der Waals surface area contributed by atoms with Gasteiger partial charge in [-0.25, -0.2) is 0 Å². The molecule has 0 amide bonds. The lowest BCUT2D eigenvalue weighted by Gasteiger charge is -2.48. The van der Waals surface area contributed by atoms with Crippen LogP contribution < -0.4 is 5.73 Å². The third-order valence-electron chi connectivity index (χ3n) is 3.74. The monoisotopic (exact) mass is 198 g/mol. The molecule has 0 aromatic rings. The molecular formula is C11H22N2O. The number of hydrogen-bond donors (Lipinski definition) is 2. The molecule has 0 atom stereocenters. The first-order valence-electron chi connectivity index (χ1n) is 5.93. The van der Waals surface area contributed by atoms with Gasteiger partial charge in [-0.2, -0.15) is 0 Å². The predicted octanol–water partition coefficient (Wildman–Crippen LogP) is 0.713. The smallest absolute Gasteiger partial charge is 0.0443 e. The van der Waals surface area contributed by atoms with Gasteiger partial charge in [-0.3, -0.25) is 4.90 Å². The maximum atomic E-state index is 8.86. The van der Waals surface area contributed by atoms with Crippen molar-refractivity contribution in [3.63, 3.8) is 0 Å². The van der Waals surface area contributed by atoms with Gasteiger partial charge in [0.1, 0.15) is 0 Å². The molecule has 0 spiro atoms. The molecule has 0 heterocycles. The molecule has 2 rings (SSSR count). The Bertz CT molecular complexity index is 176. The van der Waals surface area contributed by atoms with Crippen molar-refractivity contribution in [1.82, 2.24) is 4.90 Å². The number of aliphatic hydroxyl groups excluding tert-OH is 1. The second-order valence-corrected chi connectivity index (χ2v) is 4.79. The maximum absolute atomic E-state index is 8.86. The first kappa shape index (κ1) is 10.4. The van der Waals surface area contributed by atoms with Crippen LogP contribution in [-0.4, -0.2) is 41.3 Å². The van der Waals surface area contributed by atoms with E-state index in [1.165, 1.54) is 32.1 Å². The minimum absolute atomic E-state index is 0.321. The Morgan fingerprint density at radius 2 is 1.93 bits per heavy atom. The minimum Gasteiger partial charge on any atom is -0.396 e. The fourth-order valence-corrected chi connectivity index (χ4v) is 2.54. The zero-order valence-corrected chi connectivity index (χ0v) is 8.86. The Labute approximate surface area is 86.3 Å². The number of nitrogens with zero attached hydrogens (tertiary/aromatic N) is 1. The summed E-state index contributed by atoms with van der Waals surface area (Å²) in [5, 5.41) is 8.86. The van der Waals surface area contributed by atoms with Gasteiger partial charge in [-0.1, -0.05) is 6.42 Å². The van der Waals surface area contributed by atoms with Gasteiger partial charge in [0.2, 0.25) is 0 Å². The summed E-state index contributed by atoms with van der Waals surface area (Å²) in [6.07, 6.45) is 7.36. The highest BCUT2D eigenvalue weighted by Gasteiger charge is 2.36. The van der Waals surface area contributed by atoms with E-state index in [1.54, 1.807) is 0 Å². The van der Waals surface area contributed by atoms with Crippen LogP contribution in [0.25, 0.3) is 0 Å². The number of aliphatic hydroxyl groups is 1. The zero-order chi connectivity index (χ0) is 9.97. The molecule has 0 aromatic carbocycles. The highest BCUT2D eigenvalue weighted by atomic mass is 16.3. The van der Waals surface area contributed by atoms with E-state index >= 15 is 0 Å². The van der Waals surface area contributed by atoms with E-state index in [2.05, 4.69) is 4.90 Å². The molecule has 2 aliphatic rings. The first-order valence-corrected chi connectivity index (χ1v) is 5.93. The molecule has 0 aliphatic heterocycles. The molecule has 0 unspecified atom stereocenters. The van der Waals surface area contributed by atoms with Crippen LogP contribution in [0, 0.1) is 0 Å². The van der Waals surface area contributed by atoms with Crippen molar-refractivity contribution in [2.75, 3.05) is 13.2 Å². The molecule has 3 nitrogen and oxygen atoms in total. The van der Waals surface area contributed by atoms with Crippen molar-refractivity contribution in [1.29, 1.82) is 0 Å². The summed E-state index contributed by atoms with van der Waals surface area (Å²) in [4.78, 5) is 2.60. The van der Waals surface area contributed by atoms with Gasteiger partial charge in [0.25, 0.3) is 0 Å². The summed E-state index contributed by atoms with van der Waals surface area (Å²) in [5.74, 6) is 0. The number of rotatable bonds is 5. The second-order valence-electron chi connectivity index (χ2n) is 4.79. The van der Waals surface area contributed by atoms with E-state index in [9.17, 15) is 0 Å². The van der Waals surface area contributed by atoms with Crippen molar-refractivity contribution in [3.8, 4) is 0 Å². The van der Waals surface area contributed by atoms with Gasteiger partial charge in [0, 0.05) is 31.3 Å². The SMILES string of the molecule is NC1CC(N(CCCO)C2CCC2)C1. The van der Waals surface area contributed by atoms with Crippen molar-refractivity contribution in [2.45, 2.75) is 56.7 Å². The van der Waals surface area contributed by atoms with Crippen LogP contribution in [0.2, 0.25) is 0 Å².